The second-order valence-electron chi connectivity index (χ2n) is 6.68. The number of hydrogen-bond acceptors (Lipinski definition) is 3. The third kappa shape index (κ3) is 4.31. The molecule has 2 aromatic carbocycles. The predicted molar refractivity (Wildman–Crippen MR) is 101 cm³/mol. The third-order valence-electron chi connectivity index (χ3n) is 4.77. The Balaban J connectivity index is 1.91. The van der Waals surface area contributed by atoms with Crippen LogP contribution in [0.3, 0.4) is 0 Å². The number of aryl methyl sites for hydroxylation is 2. The van der Waals surface area contributed by atoms with Gasteiger partial charge in [-0.1, -0.05) is 36.4 Å². The minimum Gasteiger partial charge on any atom is -0.370 e. The molecule has 5 nitrogen and oxygen atoms in total. The van der Waals surface area contributed by atoms with Crippen LogP contribution in [-0.4, -0.2) is 25.2 Å². The fourth-order valence-electron chi connectivity index (χ4n) is 3.33. The summed E-state index contributed by atoms with van der Waals surface area (Å²) in [5.74, 6) is -0.510. The SMILES string of the molecule is NC(=O)CCN(Cc1ccccc1)S(=O)(=O)c1ccc2c(c1)CCCC2. The molecule has 0 aromatic heterocycles. The van der Waals surface area contributed by atoms with Crippen LogP contribution in [0.1, 0.15) is 36.0 Å². The number of amides is 1. The highest BCUT2D eigenvalue weighted by atomic mass is 32.2. The van der Waals surface area contributed by atoms with Crippen molar-refractivity contribution in [1.29, 1.82) is 0 Å². The highest BCUT2D eigenvalue weighted by Crippen LogP contribution is 2.26. The number of carbonyl (C=O) groups is 1. The van der Waals surface area contributed by atoms with Gasteiger partial charge >= 0.3 is 0 Å². The molecule has 6 heteroatoms. The highest BCUT2D eigenvalue weighted by Gasteiger charge is 2.26. The molecule has 0 bridgehead atoms. The summed E-state index contributed by atoms with van der Waals surface area (Å²) in [6, 6.07) is 14.8. The Bertz CT molecular complexity index is 879. The van der Waals surface area contributed by atoms with E-state index in [4.69, 9.17) is 5.73 Å². The van der Waals surface area contributed by atoms with Crippen molar-refractivity contribution in [1.82, 2.24) is 4.31 Å². The maximum Gasteiger partial charge on any atom is 0.243 e. The summed E-state index contributed by atoms with van der Waals surface area (Å²) >= 11 is 0. The Kier molecular flexibility index (Phi) is 5.74. The first kappa shape index (κ1) is 18.6. The van der Waals surface area contributed by atoms with E-state index in [0.29, 0.717) is 4.90 Å². The molecule has 3 rings (SSSR count). The number of primary amides is 1. The van der Waals surface area contributed by atoms with E-state index in [-0.39, 0.29) is 19.5 Å². The maximum absolute atomic E-state index is 13.2. The summed E-state index contributed by atoms with van der Waals surface area (Å²) in [4.78, 5) is 11.5. The van der Waals surface area contributed by atoms with Crippen molar-refractivity contribution >= 4 is 15.9 Å². The van der Waals surface area contributed by atoms with Crippen molar-refractivity contribution in [3.63, 3.8) is 0 Å². The van der Waals surface area contributed by atoms with Gasteiger partial charge < -0.3 is 5.73 Å². The van der Waals surface area contributed by atoms with Crippen LogP contribution in [0.5, 0.6) is 0 Å². The van der Waals surface area contributed by atoms with Crippen molar-refractivity contribution in [2.45, 2.75) is 43.5 Å². The zero-order valence-electron chi connectivity index (χ0n) is 14.7. The minimum atomic E-state index is -3.70. The zero-order valence-corrected chi connectivity index (χ0v) is 15.5. The molecule has 1 aliphatic rings. The number of carbonyl (C=O) groups excluding carboxylic acids is 1. The molecule has 0 heterocycles. The molecule has 0 fully saturated rings. The summed E-state index contributed by atoms with van der Waals surface area (Å²) < 4.78 is 27.8. The van der Waals surface area contributed by atoms with Crippen LogP contribution in [0.2, 0.25) is 0 Å². The molecular weight excluding hydrogens is 348 g/mol. The molecule has 26 heavy (non-hydrogen) atoms. The monoisotopic (exact) mass is 372 g/mol. The highest BCUT2D eigenvalue weighted by molar-refractivity contribution is 7.89. The van der Waals surface area contributed by atoms with Crippen LogP contribution in [0.15, 0.2) is 53.4 Å². The van der Waals surface area contributed by atoms with Crippen LogP contribution < -0.4 is 5.73 Å². The van der Waals surface area contributed by atoms with E-state index in [0.717, 1.165) is 36.8 Å². The molecule has 2 aromatic rings. The minimum absolute atomic E-state index is 0.00297. The van der Waals surface area contributed by atoms with E-state index >= 15 is 0 Å². The fraction of sp³-hybridized carbons (Fsp3) is 0.350. The van der Waals surface area contributed by atoms with Crippen molar-refractivity contribution in [2.75, 3.05) is 6.54 Å². The summed E-state index contributed by atoms with van der Waals surface area (Å²) in [6.45, 7) is 0.289. The van der Waals surface area contributed by atoms with Crippen molar-refractivity contribution < 1.29 is 13.2 Å². The average molecular weight is 372 g/mol. The normalized spacial score (nSPS) is 14.2. The molecule has 0 aliphatic heterocycles. The van der Waals surface area contributed by atoms with Gasteiger partial charge in [0.25, 0.3) is 0 Å². The lowest BCUT2D eigenvalue weighted by molar-refractivity contribution is -0.118. The van der Waals surface area contributed by atoms with E-state index in [9.17, 15) is 13.2 Å². The Morgan fingerprint density at radius 2 is 1.69 bits per heavy atom. The molecule has 0 saturated carbocycles. The Labute approximate surface area is 154 Å². The summed E-state index contributed by atoms with van der Waals surface area (Å²) in [5.41, 5.74) is 8.48. The Hall–Kier alpha value is -2.18. The van der Waals surface area contributed by atoms with Crippen LogP contribution in [-0.2, 0) is 34.2 Å². The summed E-state index contributed by atoms with van der Waals surface area (Å²) in [6.07, 6.45) is 4.16. The molecule has 0 unspecified atom stereocenters. The lowest BCUT2D eigenvalue weighted by Gasteiger charge is -2.23. The Morgan fingerprint density at radius 3 is 2.38 bits per heavy atom. The maximum atomic E-state index is 13.2. The number of nitrogens with zero attached hydrogens (tertiary/aromatic N) is 1. The largest absolute Gasteiger partial charge is 0.370 e. The standard InChI is InChI=1S/C20H24N2O3S/c21-20(23)12-13-22(15-16-6-2-1-3-7-16)26(24,25)19-11-10-17-8-4-5-9-18(17)14-19/h1-3,6-7,10-11,14H,4-5,8-9,12-13,15H2,(H2,21,23). The molecular formula is C20H24N2O3S. The lowest BCUT2D eigenvalue weighted by Crippen LogP contribution is -2.33. The van der Waals surface area contributed by atoms with Gasteiger partial charge in [0.2, 0.25) is 15.9 Å². The van der Waals surface area contributed by atoms with Gasteiger partial charge in [0.05, 0.1) is 4.90 Å². The average Bonchev–Trinajstić information content (AvgIpc) is 2.65. The smallest absolute Gasteiger partial charge is 0.243 e. The van der Waals surface area contributed by atoms with Crippen LogP contribution in [0, 0.1) is 0 Å². The van der Waals surface area contributed by atoms with Crippen molar-refractivity contribution in [3.8, 4) is 0 Å². The van der Waals surface area contributed by atoms with Crippen LogP contribution >= 0.6 is 0 Å². The molecule has 138 valence electrons. The molecule has 0 radical (unpaired) electrons. The van der Waals surface area contributed by atoms with Gasteiger partial charge in [-0.3, -0.25) is 4.79 Å². The van der Waals surface area contributed by atoms with Gasteiger partial charge in [-0.05, 0) is 54.5 Å². The Morgan fingerprint density at radius 1 is 1.00 bits per heavy atom. The van der Waals surface area contributed by atoms with Gasteiger partial charge in [-0.2, -0.15) is 4.31 Å². The fourth-order valence-corrected chi connectivity index (χ4v) is 4.81. The topological polar surface area (TPSA) is 80.5 Å². The number of fused-ring (bicyclic) bond motifs is 1. The van der Waals surface area contributed by atoms with Crippen LogP contribution in [0.4, 0.5) is 0 Å². The zero-order chi connectivity index (χ0) is 18.6. The second kappa shape index (κ2) is 8.01. The van der Waals surface area contributed by atoms with Crippen LogP contribution in [0.25, 0.3) is 0 Å². The van der Waals surface area contributed by atoms with Gasteiger partial charge in [0.15, 0.2) is 0 Å². The first-order valence-electron chi connectivity index (χ1n) is 8.91. The molecule has 0 saturated heterocycles. The van der Waals surface area contributed by atoms with E-state index in [1.807, 2.05) is 36.4 Å². The van der Waals surface area contributed by atoms with Crippen molar-refractivity contribution in [3.05, 3.63) is 65.2 Å². The second-order valence-corrected chi connectivity index (χ2v) is 8.62. The molecule has 0 atom stereocenters. The van der Waals surface area contributed by atoms with E-state index in [2.05, 4.69) is 0 Å². The number of hydrogen-bond donors (Lipinski definition) is 1. The van der Waals surface area contributed by atoms with E-state index in [1.165, 1.54) is 9.87 Å². The van der Waals surface area contributed by atoms with Gasteiger partial charge in [-0.15, -0.1) is 0 Å². The van der Waals surface area contributed by atoms with Gasteiger partial charge in [0, 0.05) is 19.5 Å². The first-order chi connectivity index (χ1) is 12.5. The molecule has 1 aliphatic carbocycles. The summed E-state index contributed by atoms with van der Waals surface area (Å²) in [7, 11) is -3.70. The molecule has 0 spiro atoms. The molecule has 2 N–H and O–H groups in total. The number of rotatable bonds is 7. The number of sulfonamides is 1. The number of nitrogens with two attached hydrogens (primary N) is 1. The summed E-state index contributed by atoms with van der Waals surface area (Å²) in [5, 5.41) is 0. The van der Waals surface area contributed by atoms with E-state index < -0.39 is 15.9 Å². The van der Waals surface area contributed by atoms with Gasteiger partial charge in [0.1, 0.15) is 0 Å². The third-order valence-corrected chi connectivity index (χ3v) is 6.61. The predicted octanol–water partition coefficient (Wildman–Crippen LogP) is 2.63. The first-order valence-corrected chi connectivity index (χ1v) is 10.3. The molecule has 1 amide bonds. The van der Waals surface area contributed by atoms with Gasteiger partial charge in [-0.25, -0.2) is 8.42 Å². The number of benzene rings is 2. The van der Waals surface area contributed by atoms with Crippen molar-refractivity contribution in [2.24, 2.45) is 5.73 Å². The quantitative estimate of drug-likeness (QED) is 0.811. The van der Waals surface area contributed by atoms with E-state index in [1.54, 1.807) is 12.1 Å². The lowest BCUT2D eigenvalue weighted by atomic mass is 9.92.